The quantitative estimate of drug-likeness (QED) is 0.821. The Bertz CT molecular complexity index is 491. The molecular weight excluding hydrogens is 302 g/mol. The molecule has 1 aliphatic heterocycles. The van der Waals surface area contributed by atoms with E-state index >= 15 is 0 Å². The molecule has 1 aromatic carbocycles. The van der Waals surface area contributed by atoms with Crippen LogP contribution < -0.4 is 5.32 Å². The van der Waals surface area contributed by atoms with E-state index in [0.717, 1.165) is 18.7 Å². The summed E-state index contributed by atoms with van der Waals surface area (Å²) in [6, 6.07) is 6.63. The second kappa shape index (κ2) is 8.53. The van der Waals surface area contributed by atoms with E-state index in [1.54, 1.807) is 0 Å². The number of carbonyl (C=O) groups is 1. The van der Waals surface area contributed by atoms with Crippen LogP contribution >= 0.6 is 0 Å². The molecular formula is C15H17F4NO2. The molecule has 1 saturated heterocycles. The average molecular weight is 319 g/mol. The predicted octanol–water partition coefficient (Wildman–Crippen LogP) is 3.47. The summed E-state index contributed by atoms with van der Waals surface area (Å²) < 4.78 is 44.4. The van der Waals surface area contributed by atoms with Gasteiger partial charge in [-0.05, 0) is 49.5 Å². The first-order chi connectivity index (χ1) is 10.3. The second-order valence-electron chi connectivity index (χ2n) is 4.80. The third-order valence-corrected chi connectivity index (χ3v) is 3.06. The highest BCUT2D eigenvalue weighted by Gasteiger charge is 2.38. The van der Waals surface area contributed by atoms with Crippen LogP contribution in [0.5, 0.6) is 0 Å². The first-order valence-corrected chi connectivity index (χ1v) is 6.73. The summed E-state index contributed by atoms with van der Waals surface area (Å²) in [6.07, 6.45) is 1.67. The molecule has 122 valence electrons. The molecule has 0 amide bonds. The largest absolute Gasteiger partial charge is 0.490 e. The monoisotopic (exact) mass is 319 g/mol. The standard InChI is InChI=1S/C13H16FN.C2HF3O2/c14-13-5-3-11(4-6-13)1-2-12-7-9-15-10-8-12;3-2(4,5)1(6)7/h1-6,12,15H,7-10H2;(H,6,7)/b2-1+;. The van der Waals surface area contributed by atoms with Crippen LogP contribution in [0.15, 0.2) is 30.3 Å². The first-order valence-electron chi connectivity index (χ1n) is 6.73. The van der Waals surface area contributed by atoms with Crippen LogP contribution in [0.2, 0.25) is 0 Å². The summed E-state index contributed by atoms with van der Waals surface area (Å²) in [5.74, 6) is -2.25. The minimum absolute atomic E-state index is 0.172. The number of alkyl halides is 3. The van der Waals surface area contributed by atoms with Gasteiger partial charge in [-0.3, -0.25) is 0 Å². The van der Waals surface area contributed by atoms with Crippen molar-refractivity contribution in [2.45, 2.75) is 19.0 Å². The minimum atomic E-state index is -5.08. The molecule has 0 unspecified atom stereocenters. The van der Waals surface area contributed by atoms with Crippen LogP contribution in [0.25, 0.3) is 6.08 Å². The fourth-order valence-electron chi connectivity index (χ4n) is 1.86. The average Bonchev–Trinajstić information content (AvgIpc) is 2.47. The first kappa shape index (κ1) is 18.2. The van der Waals surface area contributed by atoms with Gasteiger partial charge in [0.1, 0.15) is 5.82 Å². The van der Waals surface area contributed by atoms with E-state index in [9.17, 15) is 17.6 Å². The van der Waals surface area contributed by atoms with E-state index in [1.165, 1.54) is 25.0 Å². The molecule has 1 fully saturated rings. The Hall–Kier alpha value is -1.89. The molecule has 3 nitrogen and oxygen atoms in total. The second-order valence-corrected chi connectivity index (χ2v) is 4.80. The molecule has 0 aliphatic carbocycles. The Labute approximate surface area is 125 Å². The Balaban J connectivity index is 0.000000295. The lowest BCUT2D eigenvalue weighted by Gasteiger charge is -2.19. The van der Waals surface area contributed by atoms with E-state index in [4.69, 9.17) is 9.90 Å². The van der Waals surface area contributed by atoms with Crippen LogP contribution in [-0.2, 0) is 4.79 Å². The fraction of sp³-hybridized carbons (Fsp3) is 0.400. The van der Waals surface area contributed by atoms with Gasteiger partial charge in [0.15, 0.2) is 0 Å². The van der Waals surface area contributed by atoms with E-state index in [1.807, 2.05) is 12.1 Å². The van der Waals surface area contributed by atoms with E-state index < -0.39 is 12.1 Å². The van der Waals surface area contributed by atoms with Crippen LogP contribution in [0, 0.1) is 11.7 Å². The summed E-state index contributed by atoms with van der Waals surface area (Å²) in [5.41, 5.74) is 1.08. The molecule has 22 heavy (non-hydrogen) atoms. The number of benzene rings is 1. The number of rotatable bonds is 2. The number of aliphatic carboxylic acids is 1. The lowest BCUT2D eigenvalue weighted by Crippen LogP contribution is -2.26. The smallest absolute Gasteiger partial charge is 0.475 e. The third kappa shape index (κ3) is 7.21. The Morgan fingerprint density at radius 1 is 1.18 bits per heavy atom. The van der Waals surface area contributed by atoms with Gasteiger partial charge >= 0.3 is 12.1 Å². The van der Waals surface area contributed by atoms with E-state index in [2.05, 4.69) is 17.5 Å². The molecule has 1 heterocycles. The number of hydrogen-bond acceptors (Lipinski definition) is 2. The number of hydrogen-bond donors (Lipinski definition) is 2. The van der Waals surface area contributed by atoms with Crippen LogP contribution in [0.4, 0.5) is 17.6 Å². The lowest BCUT2D eigenvalue weighted by atomic mass is 9.97. The number of carboxylic acids is 1. The molecule has 2 N–H and O–H groups in total. The SMILES string of the molecule is Fc1ccc(/C=C/C2CCNCC2)cc1.O=C(O)C(F)(F)F. The zero-order valence-electron chi connectivity index (χ0n) is 11.7. The van der Waals surface area contributed by atoms with Crippen LogP contribution in [-0.4, -0.2) is 30.3 Å². The molecule has 0 spiro atoms. The molecule has 0 radical (unpaired) electrons. The molecule has 0 bridgehead atoms. The zero-order valence-corrected chi connectivity index (χ0v) is 11.7. The maximum atomic E-state index is 12.6. The highest BCUT2D eigenvalue weighted by molar-refractivity contribution is 5.73. The van der Waals surface area contributed by atoms with Crippen molar-refractivity contribution in [2.75, 3.05) is 13.1 Å². The normalized spacial score (nSPS) is 16.2. The van der Waals surface area contributed by atoms with Crippen molar-refractivity contribution in [1.82, 2.24) is 5.32 Å². The zero-order chi connectivity index (χ0) is 16.6. The number of allylic oxidation sites excluding steroid dienone is 1. The van der Waals surface area contributed by atoms with Gasteiger partial charge in [-0.2, -0.15) is 13.2 Å². The summed E-state index contributed by atoms with van der Waals surface area (Å²) in [7, 11) is 0. The summed E-state index contributed by atoms with van der Waals surface area (Å²) in [6.45, 7) is 2.22. The minimum Gasteiger partial charge on any atom is -0.475 e. The Kier molecular flexibility index (Phi) is 7.04. The number of nitrogens with one attached hydrogen (secondary N) is 1. The van der Waals surface area contributed by atoms with Gasteiger partial charge < -0.3 is 10.4 Å². The highest BCUT2D eigenvalue weighted by Crippen LogP contribution is 2.15. The number of carboxylic acid groups (broad SMARTS) is 1. The predicted molar refractivity (Wildman–Crippen MR) is 74.7 cm³/mol. The fourth-order valence-corrected chi connectivity index (χ4v) is 1.86. The van der Waals surface area contributed by atoms with Crippen molar-refractivity contribution < 1.29 is 27.5 Å². The van der Waals surface area contributed by atoms with Crippen molar-refractivity contribution in [1.29, 1.82) is 0 Å². The Morgan fingerprint density at radius 2 is 1.68 bits per heavy atom. The Morgan fingerprint density at radius 3 is 2.14 bits per heavy atom. The molecule has 0 aromatic heterocycles. The van der Waals surface area contributed by atoms with Crippen molar-refractivity contribution >= 4 is 12.0 Å². The molecule has 0 atom stereocenters. The van der Waals surface area contributed by atoms with E-state index in [0.29, 0.717) is 5.92 Å². The van der Waals surface area contributed by atoms with Crippen LogP contribution in [0.1, 0.15) is 18.4 Å². The molecule has 1 aromatic rings. The van der Waals surface area contributed by atoms with Crippen molar-refractivity contribution in [3.8, 4) is 0 Å². The molecule has 7 heteroatoms. The topological polar surface area (TPSA) is 49.3 Å². The van der Waals surface area contributed by atoms with Gasteiger partial charge in [0, 0.05) is 0 Å². The van der Waals surface area contributed by atoms with Crippen molar-refractivity contribution in [2.24, 2.45) is 5.92 Å². The van der Waals surface area contributed by atoms with Gasteiger partial charge in [-0.15, -0.1) is 0 Å². The van der Waals surface area contributed by atoms with Crippen molar-refractivity contribution in [3.63, 3.8) is 0 Å². The highest BCUT2D eigenvalue weighted by atomic mass is 19.4. The van der Waals surface area contributed by atoms with Gasteiger partial charge in [0.05, 0.1) is 0 Å². The number of halogens is 4. The van der Waals surface area contributed by atoms with Gasteiger partial charge in [-0.1, -0.05) is 24.3 Å². The third-order valence-electron chi connectivity index (χ3n) is 3.06. The maximum absolute atomic E-state index is 12.6. The summed E-state index contributed by atoms with van der Waals surface area (Å²) >= 11 is 0. The summed E-state index contributed by atoms with van der Waals surface area (Å²) in [5, 5.41) is 10.5. The maximum Gasteiger partial charge on any atom is 0.490 e. The van der Waals surface area contributed by atoms with Crippen LogP contribution in [0.3, 0.4) is 0 Å². The molecule has 0 saturated carbocycles. The van der Waals surface area contributed by atoms with Gasteiger partial charge in [-0.25, -0.2) is 9.18 Å². The van der Waals surface area contributed by atoms with Gasteiger partial charge in [0.25, 0.3) is 0 Å². The summed E-state index contributed by atoms with van der Waals surface area (Å²) in [4.78, 5) is 8.90. The molecule has 2 rings (SSSR count). The molecule has 1 aliphatic rings. The van der Waals surface area contributed by atoms with E-state index in [-0.39, 0.29) is 5.82 Å². The number of piperidine rings is 1. The van der Waals surface area contributed by atoms with Crippen molar-refractivity contribution in [3.05, 3.63) is 41.7 Å². The lowest BCUT2D eigenvalue weighted by molar-refractivity contribution is -0.192. The van der Waals surface area contributed by atoms with Gasteiger partial charge in [0.2, 0.25) is 0 Å².